The van der Waals surface area contributed by atoms with E-state index < -0.39 is 46.9 Å². The summed E-state index contributed by atoms with van der Waals surface area (Å²) in [6.45, 7) is 3.45. The molecule has 0 saturated carbocycles. The summed E-state index contributed by atoms with van der Waals surface area (Å²) < 4.78 is 53.9. The molecule has 0 amide bonds. The highest BCUT2D eigenvalue weighted by molar-refractivity contribution is 7.82. The van der Waals surface area contributed by atoms with E-state index in [1.807, 2.05) is 0 Å². The Kier molecular flexibility index (Phi) is 3.13. The van der Waals surface area contributed by atoms with Gasteiger partial charge < -0.3 is 18.9 Å². The molecule has 3 fully saturated rings. The van der Waals surface area contributed by atoms with Crippen molar-refractivity contribution in [2.75, 3.05) is 13.7 Å². The Balaban J connectivity index is 1.76. The number of rotatable bonds is 2. The Bertz CT molecular complexity index is 460. The molecule has 0 spiro atoms. The van der Waals surface area contributed by atoms with E-state index in [9.17, 15) is 8.42 Å². The van der Waals surface area contributed by atoms with E-state index in [0.717, 1.165) is 0 Å². The summed E-state index contributed by atoms with van der Waals surface area (Å²) in [6.07, 6.45) is -2.87. The zero-order chi connectivity index (χ0) is 13.8. The van der Waals surface area contributed by atoms with Crippen molar-refractivity contribution in [1.29, 1.82) is 0 Å². The minimum Gasteiger partial charge on any atom is -0.376 e. The first-order chi connectivity index (χ1) is 8.81. The molecule has 3 heterocycles. The Morgan fingerprint density at radius 3 is 2.53 bits per heavy atom. The molecule has 3 aliphatic heterocycles. The second-order valence-electron chi connectivity index (χ2n) is 5.10. The Morgan fingerprint density at radius 2 is 1.95 bits per heavy atom. The van der Waals surface area contributed by atoms with Gasteiger partial charge in [-0.25, -0.2) is 8.37 Å². The van der Waals surface area contributed by atoms with Crippen LogP contribution in [0.15, 0.2) is 0 Å². The molecule has 0 aromatic rings. The molecule has 0 aromatic heterocycles. The number of hydrogen-bond donors (Lipinski definition) is 0. The zero-order valence-corrected chi connectivity index (χ0v) is 11.6. The van der Waals surface area contributed by atoms with Crippen molar-refractivity contribution in [2.24, 2.45) is 0 Å². The molecule has 0 N–H and O–H groups in total. The molecule has 110 valence electrons. The number of methoxy groups -OCH3 is 1. The minimum absolute atomic E-state index is 0.101. The van der Waals surface area contributed by atoms with Crippen LogP contribution in [0.4, 0.5) is 0 Å². The van der Waals surface area contributed by atoms with E-state index in [1.54, 1.807) is 13.8 Å². The highest BCUT2D eigenvalue weighted by Gasteiger charge is 2.58. The van der Waals surface area contributed by atoms with Crippen LogP contribution >= 0.6 is 0 Å². The summed E-state index contributed by atoms with van der Waals surface area (Å²) in [6, 6.07) is 0. The van der Waals surface area contributed by atoms with Gasteiger partial charge in [0.15, 0.2) is 12.1 Å². The maximum atomic E-state index is 11.1. The summed E-state index contributed by atoms with van der Waals surface area (Å²) in [7, 11) is -2.43. The van der Waals surface area contributed by atoms with Gasteiger partial charge in [-0.1, -0.05) is 0 Å². The van der Waals surface area contributed by atoms with Crippen LogP contribution in [0.1, 0.15) is 13.8 Å². The minimum atomic E-state index is -3.93. The van der Waals surface area contributed by atoms with Crippen LogP contribution in [0.5, 0.6) is 0 Å². The molecule has 3 rings (SSSR count). The fourth-order valence-electron chi connectivity index (χ4n) is 2.58. The smallest absolute Gasteiger partial charge is 0.376 e. The maximum Gasteiger partial charge on any atom is 0.400 e. The SMILES string of the molecule is CO[C@@H]1[C@H]2OC(C)(C)O[C@H]2O[C@@H]1C1COS(=O)(=O)O1. The molecule has 9 heteroatoms. The third-order valence-electron chi connectivity index (χ3n) is 3.28. The van der Waals surface area contributed by atoms with Gasteiger partial charge in [0.05, 0.1) is 6.61 Å². The summed E-state index contributed by atoms with van der Waals surface area (Å²) >= 11 is 0. The van der Waals surface area contributed by atoms with E-state index in [4.69, 9.17) is 23.1 Å². The van der Waals surface area contributed by atoms with Crippen molar-refractivity contribution in [3.8, 4) is 0 Å². The van der Waals surface area contributed by atoms with E-state index >= 15 is 0 Å². The average molecular weight is 296 g/mol. The van der Waals surface area contributed by atoms with E-state index in [1.165, 1.54) is 7.11 Å². The molecule has 1 unspecified atom stereocenters. The fraction of sp³-hybridized carbons (Fsp3) is 1.00. The van der Waals surface area contributed by atoms with Crippen molar-refractivity contribution < 1.29 is 35.7 Å². The quantitative estimate of drug-likeness (QED) is 0.676. The standard InChI is InChI=1S/C10H16O8S/c1-10(2)16-8-7(13-3)6(15-9(8)17-10)5-4-14-19(11,12)18-5/h5-9H,4H2,1-3H3/t5?,6-,7+,8-,9-/m1/s1. The molecule has 5 atom stereocenters. The lowest BCUT2D eigenvalue weighted by Crippen LogP contribution is -2.43. The van der Waals surface area contributed by atoms with Crippen molar-refractivity contribution in [3.63, 3.8) is 0 Å². The largest absolute Gasteiger partial charge is 0.400 e. The maximum absolute atomic E-state index is 11.1. The molecule has 19 heavy (non-hydrogen) atoms. The fourth-order valence-corrected chi connectivity index (χ4v) is 3.40. The number of ether oxygens (including phenoxy) is 4. The van der Waals surface area contributed by atoms with Gasteiger partial charge in [-0.3, -0.25) is 0 Å². The lowest BCUT2D eigenvalue weighted by Gasteiger charge is -2.26. The lowest BCUT2D eigenvalue weighted by molar-refractivity contribution is -0.225. The van der Waals surface area contributed by atoms with Crippen LogP contribution in [-0.4, -0.2) is 58.6 Å². The van der Waals surface area contributed by atoms with Crippen LogP contribution in [0.3, 0.4) is 0 Å². The Morgan fingerprint density at radius 1 is 1.21 bits per heavy atom. The molecule has 0 aliphatic carbocycles. The molecule has 3 aliphatic rings. The summed E-state index contributed by atoms with van der Waals surface area (Å²) in [5, 5.41) is 0. The van der Waals surface area contributed by atoms with E-state index in [0.29, 0.717) is 0 Å². The van der Waals surface area contributed by atoms with Gasteiger partial charge in [0.2, 0.25) is 0 Å². The molecule has 3 saturated heterocycles. The summed E-state index contributed by atoms with van der Waals surface area (Å²) in [4.78, 5) is 0. The number of fused-ring (bicyclic) bond motifs is 1. The predicted molar refractivity (Wildman–Crippen MR) is 59.2 cm³/mol. The molecule has 0 bridgehead atoms. The van der Waals surface area contributed by atoms with Crippen LogP contribution in [0, 0.1) is 0 Å². The van der Waals surface area contributed by atoms with Crippen LogP contribution < -0.4 is 0 Å². The highest BCUT2D eigenvalue weighted by atomic mass is 32.3. The van der Waals surface area contributed by atoms with Crippen LogP contribution in [0.2, 0.25) is 0 Å². The Hall–Kier alpha value is -0.290. The van der Waals surface area contributed by atoms with Gasteiger partial charge in [0, 0.05) is 7.11 Å². The molecule has 0 aromatic carbocycles. The van der Waals surface area contributed by atoms with Gasteiger partial charge in [-0.15, -0.1) is 0 Å². The van der Waals surface area contributed by atoms with Gasteiger partial charge in [-0.2, -0.15) is 8.42 Å². The summed E-state index contributed by atoms with van der Waals surface area (Å²) in [5.74, 6) is -0.754. The third kappa shape index (κ3) is 2.40. The lowest BCUT2D eigenvalue weighted by atomic mass is 10.1. The predicted octanol–water partition coefficient (Wildman–Crippen LogP) is -0.462. The van der Waals surface area contributed by atoms with E-state index in [2.05, 4.69) is 4.18 Å². The van der Waals surface area contributed by atoms with E-state index in [-0.39, 0.29) is 6.61 Å². The van der Waals surface area contributed by atoms with Crippen molar-refractivity contribution in [3.05, 3.63) is 0 Å². The van der Waals surface area contributed by atoms with Gasteiger partial charge in [-0.05, 0) is 13.8 Å². The van der Waals surface area contributed by atoms with Crippen LogP contribution in [0.25, 0.3) is 0 Å². The second kappa shape index (κ2) is 4.35. The first-order valence-electron chi connectivity index (χ1n) is 5.93. The number of hydrogen-bond acceptors (Lipinski definition) is 8. The molecular weight excluding hydrogens is 280 g/mol. The average Bonchev–Trinajstić information content (AvgIpc) is 2.87. The van der Waals surface area contributed by atoms with Gasteiger partial charge in [0.1, 0.15) is 24.4 Å². The first-order valence-corrected chi connectivity index (χ1v) is 7.26. The normalized spacial score (nSPS) is 47.4. The zero-order valence-electron chi connectivity index (χ0n) is 10.8. The van der Waals surface area contributed by atoms with Crippen LogP contribution in [-0.2, 0) is 37.7 Å². The molecular formula is C10H16O8S. The monoisotopic (exact) mass is 296 g/mol. The third-order valence-corrected chi connectivity index (χ3v) is 4.19. The van der Waals surface area contributed by atoms with Gasteiger partial charge >= 0.3 is 10.4 Å². The Labute approximate surface area is 111 Å². The first kappa shape index (κ1) is 13.7. The highest BCUT2D eigenvalue weighted by Crippen LogP contribution is 2.40. The second-order valence-corrected chi connectivity index (χ2v) is 6.34. The van der Waals surface area contributed by atoms with Crippen molar-refractivity contribution in [1.82, 2.24) is 0 Å². The molecule has 0 radical (unpaired) electrons. The van der Waals surface area contributed by atoms with Gasteiger partial charge in [0.25, 0.3) is 0 Å². The van der Waals surface area contributed by atoms with Crippen molar-refractivity contribution >= 4 is 10.4 Å². The van der Waals surface area contributed by atoms with Crippen molar-refractivity contribution in [2.45, 2.75) is 50.3 Å². The molecule has 8 nitrogen and oxygen atoms in total. The topological polar surface area (TPSA) is 89.5 Å². The summed E-state index contributed by atoms with van der Waals surface area (Å²) in [5.41, 5.74) is 0.